The van der Waals surface area contributed by atoms with E-state index in [1.54, 1.807) is 0 Å². The summed E-state index contributed by atoms with van der Waals surface area (Å²) in [4.78, 5) is 39.4. The quantitative estimate of drug-likeness (QED) is 0.745. The van der Waals surface area contributed by atoms with E-state index in [1.165, 1.54) is 11.3 Å². The Kier molecular flexibility index (Phi) is 5.94. The maximum Gasteiger partial charge on any atom is 0.328 e. The van der Waals surface area contributed by atoms with Gasteiger partial charge in [0.2, 0.25) is 5.13 Å². The fourth-order valence-corrected chi connectivity index (χ4v) is 3.51. The van der Waals surface area contributed by atoms with Crippen LogP contribution in [0.4, 0.5) is 5.13 Å². The molecule has 1 atom stereocenters. The van der Waals surface area contributed by atoms with Crippen molar-refractivity contribution in [3.63, 3.8) is 0 Å². The van der Waals surface area contributed by atoms with Gasteiger partial charge in [0.05, 0.1) is 12.6 Å². The molecule has 0 spiro atoms. The summed E-state index contributed by atoms with van der Waals surface area (Å²) in [6.45, 7) is 2.84. The molecule has 9 nitrogen and oxygen atoms in total. The highest BCUT2D eigenvalue weighted by molar-refractivity contribution is 7.15. The number of hydrogen-bond donors (Lipinski definition) is 2. The number of ether oxygens (including phenoxy) is 1. The third-order valence-corrected chi connectivity index (χ3v) is 5.05. The third kappa shape index (κ3) is 4.25. The van der Waals surface area contributed by atoms with Crippen LogP contribution in [0.3, 0.4) is 0 Å². The van der Waals surface area contributed by atoms with Crippen molar-refractivity contribution in [2.75, 3.05) is 11.9 Å². The average Bonchev–Trinajstić information content (AvgIpc) is 3.28. The summed E-state index contributed by atoms with van der Waals surface area (Å²) in [6.07, 6.45) is 5.47. The van der Waals surface area contributed by atoms with Gasteiger partial charge < -0.3 is 9.72 Å². The Bertz CT molecular complexity index is 881. The Hall–Kier alpha value is -2.33. The molecule has 0 bridgehead atoms. The van der Waals surface area contributed by atoms with Gasteiger partial charge >= 0.3 is 5.69 Å². The van der Waals surface area contributed by atoms with Crippen LogP contribution < -0.4 is 16.6 Å². The molecule has 1 unspecified atom stereocenters. The zero-order chi connectivity index (χ0) is 18.5. The summed E-state index contributed by atoms with van der Waals surface area (Å²) in [7, 11) is 0. The number of aromatic amines is 1. The molecule has 0 aromatic carbocycles. The van der Waals surface area contributed by atoms with E-state index < -0.39 is 17.2 Å². The third-order valence-electron chi connectivity index (χ3n) is 4.15. The molecule has 2 aromatic rings. The number of amides is 1. The zero-order valence-corrected chi connectivity index (χ0v) is 15.3. The number of nitrogens with one attached hydrogen (secondary N) is 2. The number of carbonyl (C=O) groups excluding carboxylic acids is 1. The van der Waals surface area contributed by atoms with E-state index in [9.17, 15) is 14.4 Å². The molecule has 2 N–H and O–H groups in total. The van der Waals surface area contributed by atoms with Crippen LogP contribution in [-0.2, 0) is 17.7 Å². The van der Waals surface area contributed by atoms with Crippen molar-refractivity contribution < 1.29 is 9.53 Å². The summed E-state index contributed by atoms with van der Waals surface area (Å²) >= 11 is 1.28. The van der Waals surface area contributed by atoms with E-state index in [-0.39, 0.29) is 18.2 Å². The van der Waals surface area contributed by atoms with Crippen LogP contribution in [0.1, 0.15) is 48.0 Å². The highest BCUT2D eigenvalue weighted by Gasteiger charge is 2.21. The van der Waals surface area contributed by atoms with Gasteiger partial charge in [-0.3, -0.25) is 19.5 Å². The molecule has 1 amide bonds. The smallest absolute Gasteiger partial charge is 0.328 e. The van der Waals surface area contributed by atoms with Crippen LogP contribution in [0.5, 0.6) is 0 Å². The van der Waals surface area contributed by atoms with Crippen LogP contribution in [0, 0.1) is 0 Å². The van der Waals surface area contributed by atoms with E-state index in [0.29, 0.717) is 11.7 Å². The highest BCUT2D eigenvalue weighted by Crippen LogP contribution is 2.17. The molecule has 140 valence electrons. The number of hydrogen-bond acceptors (Lipinski definition) is 7. The van der Waals surface area contributed by atoms with Gasteiger partial charge in [-0.15, -0.1) is 10.2 Å². The molecule has 1 fully saturated rings. The predicted molar refractivity (Wildman–Crippen MR) is 96.8 cm³/mol. The number of anilines is 1. The molecular formula is C16H21N5O4S. The van der Waals surface area contributed by atoms with E-state index in [0.717, 1.165) is 47.9 Å². The molecule has 0 radical (unpaired) electrons. The van der Waals surface area contributed by atoms with Crippen molar-refractivity contribution in [2.45, 2.75) is 51.7 Å². The molecule has 3 rings (SSSR count). The normalized spacial score (nSPS) is 16.7. The minimum atomic E-state index is -0.641. The second-order valence-electron chi connectivity index (χ2n) is 6.12. The minimum absolute atomic E-state index is 0.134. The SMILES string of the molecule is CCCCc1nnc(NC(=O)c2c[nH]c(=O)n(CC3CCCO3)c2=O)s1. The summed E-state index contributed by atoms with van der Waals surface area (Å²) < 4.78 is 6.48. The lowest BCUT2D eigenvalue weighted by atomic mass is 10.2. The molecule has 1 saturated heterocycles. The lowest BCUT2D eigenvalue weighted by Crippen LogP contribution is -2.41. The van der Waals surface area contributed by atoms with Gasteiger partial charge in [-0.1, -0.05) is 24.7 Å². The second kappa shape index (κ2) is 8.37. The Balaban J connectivity index is 1.75. The van der Waals surface area contributed by atoms with Crippen molar-refractivity contribution in [1.82, 2.24) is 19.7 Å². The van der Waals surface area contributed by atoms with Crippen LogP contribution in [-0.4, -0.2) is 38.4 Å². The number of aromatic nitrogens is 4. The number of carbonyl (C=O) groups is 1. The molecule has 0 saturated carbocycles. The van der Waals surface area contributed by atoms with Gasteiger partial charge in [0.15, 0.2) is 0 Å². The largest absolute Gasteiger partial charge is 0.376 e. The topological polar surface area (TPSA) is 119 Å². The highest BCUT2D eigenvalue weighted by atomic mass is 32.1. The predicted octanol–water partition coefficient (Wildman–Crippen LogP) is 1.16. The van der Waals surface area contributed by atoms with Gasteiger partial charge in [-0.05, 0) is 19.3 Å². The number of aryl methyl sites for hydroxylation is 1. The summed E-state index contributed by atoms with van der Waals surface area (Å²) in [6, 6.07) is 0. The number of rotatable bonds is 7. The Morgan fingerprint density at radius 1 is 1.46 bits per heavy atom. The Labute approximate surface area is 153 Å². The lowest BCUT2D eigenvalue weighted by molar-refractivity contribution is 0.0941. The van der Waals surface area contributed by atoms with Gasteiger partial charge in [0.1, 0.15) is 10.6 Å². The van der Waals surface area contributed by atoms with Gasteiger partial charge in [-0.25, -0.2) is 4.79 Å². The van der Waals surface area contributed by atoms with Crippen molar-refractivity contribution in [3.05, 3.63) is 37.6 Å². The summed E-state index contributed by atoms with van der Waals surface area (Å²) in [5.74, 6) is -0.620. The van der Waals surface area contributed by atoms with Crippen LogP contribution in [0.25, 0.3) is 0 Å². The number of unbranched alkanes of at least 4 members (excludes halogenated alkanes) is 1. The van der Waals surface area contributed by atoms with Crippen LogP contribution in [0.2, 0.25) is 0 Å². The minimum Gasteiger partial charge on any atom is -0.376 e. The van der Waals surface area contributed by atoms with Crippen LogP contribution >= 0.6 is 11.3 Å². The zero-order valence-electron chi connectivity index (χ0n) is 14.5. The standard InChI is InChI=1S/C16H21N5O4S/c1-2-3-6-12-19-20-15(26-12)18-13(22)11-8-17-16(24)21(14(11)23)9-10-5-4-7-25-10/h8,10H,2-7,9H2,1H3,(H,17,24)(H,18,20,22). The van der Waals surface area contributed by atoms with Crippen LogP contribution in [0.15, 0.2) is 15.8 Å². The van der Waals surface area contributed by atoms with Crippen molar-refractivity contribution in [3.8, 4) is 0 Å². The summed E-state index contributed by atoms with van der Waals surface area (Å²) in [5, 5.41) is 11.7. The molecule has 10 heteroatoms. The number of H-pyrrole nitrogens is 1. The van der Waals surface area contributed by atoms with Crippen molar-refractivity contribution in [2.24, 2.45) is 0 Å². The summed E-state index contributed by atoms with van der Waals surface area (Å²) in [5.41, 5.74) is -1.34. The van der Waals surface area contributed by atoms with Gasteiger partial charge in [0.25, 0.3) is 11.5 Å². The Morgan fingerprint density at radius 2 is 2.31 bits per heavy atom. The number of nitrogens with zero attached hydrogens (tertiary/aromatic N) is 3. The molecule has 26 heavy (non-hydrogen) atoms. The lowest BCUT2D eigenvalue weighted by Gasteiger charge is -2.11. The fourth-order valence-electron chi connectivity index (χ4n) is 2.73. The molecule has 0 aliphatic carbocycles. The first-order chi connectivity index (χ1) is 12.6. The Morgan fingerprint density at radius 3 is 3.04 bits per heavy atom. The van der Waals surface area contributed by atoms with E-state index >= 15 is 0 Å². The van der Waals surface area contributed by atoms with E-state index in [1.807, 2.05) is 0 Å². The van der Waals surface area contributed by atoms with E-state index in [2.05, 4.69) is 27.4 Å². The first-order valence-corrected chi connectivity index (χ1v) is 9.48. The molecule has 1 aliphatic heterocycles. The van der Waals surface area contributed by atoms with Gasteiger partial charge in [-0.2, -0.15) is 0 Å². The molecule has 1 aliphatic rings. The molecular weight excluding hydrogens is 358 g/mol. The average molecular weight is 379 g/mol. The van der Waals surface area contributed by atoms with E-state index in [4.69, 9.17) is 4.74 Å². The fraction of sp³-hybridized carbons (Fsp3) is 0.562. The second-order valence-corrected chi connectivity index (χ2v) is 7.18. The first-order valence-electron chi connectivity index (χ1n) is 8.66. The maximum absolute atomic E-state index is 12.5. The molecule has 3 heterocycles. The molecule has 2 aromatic heterocycles. The van der Waals surface area contributed by atoms with Gasteiger partial charge in [0, 0.05) is 19.2 Å². The monoisotopic (exact) mass is 379 g/mol. The van der Waals surface area contributed by atoms with Crippen molar-refractivity contribution in [1.29, 1.82) is 0 Å². The first kappa shape index (κ1) is 18.5. The van der Waals surface area contributed by atoms with Crippen molar-refractivity contribution >= 4 is 22.4 Å². The maximum atomic E-state index is 12.5.